The molecule has 0 aromatic heterocycles. The summed E-state index contributed by atoms with van der Waals surface area (Å²) in [6.45, 7) is 0.480. The largest absolute Gasteiger partial charge is 0.339 e. The van der Waals surface area contributed by atoms with E-state index in [4.69, 9.17) is 34.8 Å². The van der Waals surface area contributed by atoms with E-state index in [9.17, 15) is 9.59 Å². The number of benzene rings is 1. The normalized spacial score (nSPS) is 22.0. The van der Waals surface area contributed by atoms with Gasteiger partial charge in [-0.3, -0.25) is 9.59 Å². The molecule has 24 heavy (non-hydrogen) atoms. The molecule has 2 fully saturated rings. The molecule has 130 valence electrons. The number of amides is 2. The fourth-order valence-electron chi connectivity index (χ4n) is 3.51. The zero-order valence-electron chi connectivity index (χ0n) is 13.2. The fraction of sp³-hybridized carbons (Fsp3) is 0.529. The molecule has 1 saturated carbocycles. The summed E-state index contributed by atoms with van der Waals surface area (Å²) >= 11 is 18.0. The van der Waals surface area contributed by atoms with Gasteiger partial charge in [0.1, 0.15) is 0 Å². The van der Waals surface area contributed by atoms with Crippen molar-refractivity contribution in [1.82, 2.24) is 4.90 Å². The second-order valence-electron chi connectivity index (χ2n) is 6.47. The predicted molar refractivity (Wildman–Crippen MR) is 96.8 cm³/mol. The summed E-state index contributed by atoms with van der Waals surface area (Å²) in [5, 5.41) is 3.75. The lowest BCUT2D eigenvalue weighted by atomic mass is 9.94. The lowest BCUT2D eigenvalue weighted by Gasteiger charge is -2.31. The van der Waals surface area contributed by atoms with E-state index in [-0.39, 0.29) is 30.2 Å². The Balaban J connectivity index is 1.66. The van der Waals surface area contributed by atoms with Crippen LogP contribution in [0.15, 0.2) is 12.1 Å². The fourth-order valence-corrected chi connectivity index (χ4v) is 4.10. The summed E-state index contributed by atoms with van der Waals surface area (Å²) < 4.78 is 0. The van der Waals surface area contributed by atoms with Gasteiger partial charge in [-0.05, 0) is 25.0 Å². The smallest absolute Gasteiger partial charge is 0.229 e. The molecule has 0 radical (unpaired) electrons. The van der Waals surface area contributed by atoms with Crippen molar-refractivity contribution in [2.75, 3.05) is 11.9 Å². The van der Waals surface area contributed by atoms with Gasteiger partial charge in [0.15, 0.2) is 0 Å². The van der Waals surface area contributed by atoms with E-state index >= 15 is 0 Å². The molecule has 2 aliphatic rings. The van der Waals surface area contributed by atoms with Gasteiger partial charge in [-0.15, -0.1) is 0 Å². The molecular weight excluding hydrogens is 371 g/mol. The first kappa shape index (κ1) is 17.8. The number of rotatable bonds is 3. The van der Waals surface area contributed by atoms with E-state index in [0.29, 0.717) is 27.3 Å². The zero-order valence-corrected chi connectivity index (χ0v) is 15.4. The summed E-state index contributed by atoms with van der Waals surface area (Å²) in [5.41, 5.74) is 0.416. The lowest BCUT2D eigenvalue weighted by molar-refractivity contribution is -0.130. The number of hydrogen-bond donors (Lipinski definition) is 1. The average molecular weight is 390 g/mol. The molecule has 1 N–H and O–H groups in total. The SMILES string of the molecule is O=C(Nc1cc(Cl)c(Cl)cc1Cl)C1CC(=O)N(C2CCCCC2)C1. The molecule has 4 nitrogen and oxygen atoms in total. The number of hydrogen-bond acceptors (Lipinski definition) is 2. The molecule has 1 heterocycles. The maximum absolute atomic E-state index is 12.5. The molecule has 1 unspecified atom stereocenters. The third kappa shape index (κ3) is 3.81. The van der Waals surface area contributed by atoms with Gasteiger partial charge in [-0.1, -0.05) is 54.1 Å². The Bertz CT molecular complexity index is 659. The minimum absolute atomic E-state index is 0.0716. The minimum Gasteiger partial charge on any atom is -0.339 e. The Hall–Kier alpha value is -0.970. The topological polar surface area (TPSA) is 49.4 Å². The Morgan fingerprint density at radius 2 is 1.71 bits per heavy atom. The molecule has 1 atom stereocenters. The van der Waals surface area contributed by atoms with Crippen molar-refractivity contribution in [1.29, 1.82) is 0 Å². The first-order valence-electron chi connectivity index (χ1n) is 8.20. The third-order valence-electron chi connectivity index (χ3n) is 4.81. The first-order valence-corrected chi connectivity index (χ1v) is 9.34. The van der Waals surface area contributed by atoms with Crippen molar-refractivity contribution in [2.24, 2.45) is 5.92 Å². The minimum atomic E-state index is -0.357. The van der Waals surface area contributed by atoms with Crippen molar-refractivity contribution < 1.29 is 9.59 Å². The Morgan fingerprint density at radius 3 is 2.42 bits per heavy atom. The zero-order chi connectivity index (χ0) is 17.3. The van der Waals surface area contributed by atoms with Gasteiger partial charge in [-0.25, -0.2) is 0 Å². The van der Waals surface area contributed by atoms with E-state index in [1.807, 2.05) is 4.90 Å². The van der Waals surface area contributed by atoms with Crippen LogP contribution in [-0.4, -0.2) is 29.3 Å². The highest BCUT2D eigenvalue weighted by atomic mass is 35.5. The molecular formula is C17H19Cl3N2O2. The quantitative estimate of drug-likeness (QED) is 0.757. The summed E-state index contributed by atoms with van der Waals surface area (Å²) in [7, 11) is 0. The second kappa shape index (κ2) is 7.51. The Morgan fingerprint density at radius 1 is 1.04 bits per heavy atom. The van der Waals surface area contributed by atoms with Gasteiger partial charge in [-0.2, -0.15) is 0 Å². The molecule has 0 bridgehead atoms. The third-order valence-corrected chi connectivity index (χ3v) is 5.85. The highest BCUT2D eigenvalue weighted by Crippen LogP contribution is 2.33. The summed E-state index contributed by atoms with van der Waals surface area (Å²) in [6, 6.07) is 3.31. The van der Waals surface area contributed by atoms with Crippen LogP contribution in [0.3, 0.4) is 0 Å². The summed E-state index contributed by atoms with van der Waals surface area (Å²) in [4.78, 5) is 26.7. The maximum Gasteiger partial charge on any atom is 0.229 e. The summed E-state index contributed by atoms with van der Waals surface area (Å²) in [6.07, 6.45) is 5.88. The lowest BCUT2D eigenvalue weighted by Crippen LogP contribution is -2.38. The highest BCUT2D eigenvalue weighted by Gasteiger charge is 2.38. The van der Waals surface area contributed by atoms with Crippen molar-refractivity contribution in [3.05, 3.63) is 27.2 Å². The van der Waals surface area contributed by atoms with Gasteiger partial charge in [0.25, 0.3) is 0 Å². The van der Waals surface area contributed by atoms with Crippen molar-refractivity contribution >= 4 is 52.3 Å². The molecule has 1 aliphatic carbocycles. The van der Waals surface area contributed by atoms with E-state index in [0.717, 1.165) is 25.7 Å². The number of nitrogens with one attached hydrogen (secondary N) is 1. The number of halogens is 3. The van der Waals surface area contributed by atoms with Gasteiger partial charge >= 0.3 is 0 Å². The number of likely N-dealkylation sites (tertiary alicyclic amines) is 1. The molecule has 2 amide bonds. The molecule has 1 saturated heterocycles. The highest BCUT2D eigenvalue weighted by molar-refractivity contribution is 6.44. The van der Waals surface area contributed by atoms with Gasteiger partial charge < -0.3 is 10.2 Å². The van der Waals surface area contributed by atoms with E-state index < -0.39 is 0 Å². The molecule has 1 aromatic carbocycles. The molecule has 7 heteroatoms. The molecule has 3 rings (SSSR count). The second-order valence-corrected chi connectivity index (χ2v) is 7.70. The van der Waals surface area contributed by atoms with Crippen LogP contribution < -0.4 is 5.32 Å². The van der Waals surface area contributed by atoms with Crippen LogP contribution in [0, 0.1) is 5.92 Å². The monoisotopic (exact) mass is 388 g/mol. The van der Waals surface area contributed by atoms with E-state index in [1.54, 1.807) is 0 Å². The number of nitrogens with zero attached hydrogens (tertiary/aromatic N) is 1. The van der Waals surface area contributed by atoms with E-state index in [2.05, 4.69) is 5.32 Å². The van der Waals surface area contributed by atoms with Gasteiger partial charge in [0, 0.05) is 19.0 Å². The number of anilines is 1. The van der Waals surface area contributed by atoms with Crippen LogP contribution in [0.5, 0.6) is 0 Å². The number of carbonyl (C=O) groups is 2. The number of carbonyl (C=O) groups excluding carboxylic acids is 2. The van der Waals surface area contributed by atoms with Crippen molar-refractivity contribution in [3.8, 4) is 0 Å². The van der Waals surface area contributed by atoms with Crippen LogP contribution >= 0.6 is 34.8 Å². The summed E-state index contributed by atoms with van der Waals surface area (Å²) in [5.74, 6) is -0.491. The van der Waals surface area contributed by atoms with Gasteiger partial charge in [0.05, 0.1) is 26.7 Å². The predicted octanol–water partition coefficient (Wildman–Crippen LogP) is 4.77. The van der Waals surface area contributed by atoms with Crippen LogP contribution in [0.25, 0.3) is 0 Å². The standard InChI is InChI=1S/C17H19Cl3N2O2/c18-12-7-14(20)15(8-13(12)19)21-17(24)10-6-16(23)22(9-10)11-4-2-1-3-5-11/h7-8,10-11H,1-6,9H2,(H,21,24). The van der Waals surface area contributed by atoms with Crippen molar-refractivity contribution in [2.45, 2.75) is 44.6 Å². The Kier molecular flexibility index (Phi) is 5.58. The van der Waals surface area contributed by atoms with Gasteiger partial charge in [0.2, 0.25) is 11.8 Å². The molecule has 1 aromatic rings. The maximum atomic E-state index is 12.5. The molecule has 0 spiro atoms. The molecule has 1 aliphatic heterocycles. The van der Waals surface area contributed by atoms with Crippen LogP contribution in [0.2, 0.25) is 15.1 Å². The first-order chi connectivity index (χ1) is 11.5. The Labute approximate surface area is 156 Å². The van der Waals surface area contributed by atoms with E-state index in [1.165, 1.54) is 18.6 Å². The van der Waals surface area contributed by atoms with Crippen LogP contribution in [-0.2, 0) is 9.59 Å². The average Bonchev–Trinajstić information content (AvgIpc) is 2.95. The van der Waals surface area contributed by atoms with Crippen LogP contribution in [0.4, 0.5) is 5.69 Å². The van der Waals surface area contributed by atoms with Crippen molar-refractivity contribution in [3.63, 3.8) is 0 Å². The van der Waals surface area contributed by atoms with Crippen LogP contribution in [0.1, 0.15) is 38.5 Å².